The van der Waals surface area contributed by atoms with Crippen LogP contribution in [0.4, 0.5) is 0 Å². The molecule has 0 unspecified atom stereocenters. The van der Waals surface area contributed by atoms with E-state index < -0.39 is 5.79 Å². The van der Waals surface area contributed by atoms with Crippen molar-refractivity contribution < 1.29 is 18.9 Å². The van der Waals surface area contributed by atoms with Crippen molar-refractivity contribution in [3.05, 3.63) is 36.4 Å². The Morgan fingerprint density at radius 1 is 1.25 bits per heavy atom. The predicted molar refractivity (Wildman–Crippen MR) is 92.4 cm³/mol. The Labute approximate surface area is 143 Å². The number of rotatable bonds is 8. The average molecular weight is 333 g/mol. The fourth-order valence-electron chi connectivity index (χ4n) is 4.00. The van der Waals surface area contributed by atoms with Crippen LogP contribution < -0.4 is 14.8 Å². The smallest absolute Gasteiger partial charge is 0.186 e. The molecule has 1 heterocycles. The van der Waals surface area contributed by atoms with E-state index in [-0.39, 0.29) is 5.54 Å². The largest absolute Gasteiger partial charge is 0.493 e. The maximum absolute atomic E-state index is 5.97. The number of methoxy groups -OCH3 is 2. The van der Waals surface area contributed by atoms with E-state index in [2.05, 4.69) is 18.0 Å². The molecule has 1 aromatic carbocycles. The van der Waals surface area contributed by atoms with Gasteiger partial charge in [-0.1, -0.05) is 18.7 Å². The molecule has 3 rings (SSSR count). The molecule has 1 aromatic rings. The Morgan fingerprint density at radius 3 is 2.88 bits per heavy atom. The Morgan fingerprint density at radius 2 is 2.12 bits per heavy atom. The van der Waals surface area contributed by atoms with E-state index in [1.165, 1.54) is 0 Å². The van der Waals surface area contributed by atoms with Crippen molar-refractivity contribution in [2.24, 2.45) is 0 Å². The summed E-state index contributed by atoms with van der Waals surface area (Å²) in [6.45, 7) is 5.62. The van der Waals surface area contributed by atoms with E-state index in [9.17, 15) is 0 Å². The lowest BCUT2D eigenvalue weighted by Gasteiger charge is -2.38. The number of ether oxygens (including phenoxy) is 4. The second-order valence-corrected chi connectivity index (χ2v) is 6.43. The summed E-state index contributed by atoms with van der Waals surface area (Å²) in [6, 6.07) is 6.02. The molecule has 0 aromatic heterocycles. The fourth-order valence-corrected chi connectivity index (χ4v) is 4.00. The molecule has 1 saturated heterocycles. The van der Waals surface area contributed by atoms with Gasteiger partial charge in [-0.3, -0.25) is 0 Å². The van der Waals surface area contributed by atoms with Crippen LogP contribution in [0, 0.1) is 0 Å². The monoisotopic (exact) mass is 333 g/mol. The second kappa shape index (κ2) is 7.13. The van der Waals surface area contributed by atoms with Crippen molar-refractivity contribution in [2.45, 2.75) is 43.6 Å². The van der Waals surface area contributed by atoms with Gasteiger partial charge in [0.2, 0.25) is 0 Å². The first-order chi connectivity index (χ1) is 11.7. The molecule has 132 valence electrons. The summed E-state index contributed by atoms with van der Waals surface area (Å²) in [5, 5.41) is 3.72. The molecule has 0 spiro atoms. The summed E-state index contributed by atoms with van der Waals surface area (Å²) in [5.74, 6) is 1.00. The molecule has 1 aliphatic carbocycles. The van der Waals surface area contributed by atoms with Gasteiger partial charge in [0.25, 0.3) is 0 Å². The van der Waals surface area contributed by atoms with Crippen LogP contribution in [-0.4, -0.2) is 38.8 Å². The van der Waals surface area contributed by atoms with Crippen LogP contribution in [0.15, 0.2) is 30.9 Å². The first-order valence-corrected chi connectivity index (χ1v) is 8.53. The highest BCUT2D eigenvalue weighted by atomic mass is 16.7. The molecule has 5 heteroatoms. The quantitative estimate of drug-likeness (QED) is 0.741. The number of nitrogens with one attached hydrogen (secondary N) is 1. The van der Waals surface area contributed by atoms with Crippen molar-refractivity contribution in [1.29, 1.82) is 0 Å². The highest BCUT2D eigenvalue weighted by molar-refractivity contribution is 5.43. The van der Waals surface area contributed by atoms with E-state index in [0.29, 0.717) is 6.61 Å². The van der Waals surface area contributed by atoms with Gasteiger partial charge in [-0.25, -0.2) is 0 Å². The second-order valence-electron chi connectivity index (χ2n) is 6.43. The molecular formula is C19H27NO4. The lowest BCUT2D eigenvalue weighted by Crippen LogP contribution is -2.57. The average Bonchev–Trinajstić information content (AvgIpc) is 3.13. The van der Waals surface area contributed by atoms with E-state index in [1.807, 2.05) is 12.1 Å². The number of hydrogen-bond donors (Lipinski definition) is 1. The molecule has 1 aliphatic heterocycles. The van der Waals surface area contributed by atoms with Gasteiger partial charge in [0.15, 0.2) is 17.3 Å². The van der Waals surface area contributed by atoms with E-state index >= 15 is 0 Å². The normalized spacial score (nSPS) is 28.6. The zero-order valence-corrected chi connectivity index (χ0v) is 14.6. The molecule has 2 fully saturated rings. The van der Waals surface area contributed by atoms with Crippen molar-refractivity contribution in [1.82, 2.24) is 5.32 Å². The number of benzene rings is 1. The molecule has 0 amide bonds. The van der Waals surface area contributed by atoms with E-state index in [0.717, 1.165) is 55.9 Å². The minimum absolute atomic E-state index is 0.0903. The Kier molecular flexibility index (Phi) is 5.13. The third-order valence-electron chi connectivity index (χ3n) is 5.25. The van der Waals surface area contributed by atoms with Crippen molar-refractivity contribution in [3.8, 4) is 11.5 Å². The van der Waals surface area contributed by atoms with Crippen molar-refractivity contribution >= 4 is 0 Å². The maximum Gasteiger partial charge on any atom is 0.186 e. The summed E-state index contributed by atoms with van der Waals surface area (Å²) in [7, 11) is 3.41. The van der Waals surface area contributed by atoms with E-state index in [4.69, 9.17) is 18.9 Å². The molecule has 24 heavy (non-hydrogen) atoms. The van der Waals surface area contributed by atoms with Crippen LogP contribution in [0.3, 0.4) is 0 Å². The minimum Gasteiger partial charge on any atom is -0.493 e. The van der Waals surface area contributed by atoms with Gasteiger partial charge >= 0.3 is 0 Å². The minimum atomic E-state index is -0.468. The van der Waals surface area contributed by atoms with Gasteiger partial charge in [0, 0.05) is 20.1 Å². The molecule has 1 N–H and O–H groups in total. The van der Waals surface area contributed by atoms with Crippen LogP contribution >= 0.6 is 0 Å². The molecule has 1 saturated carbocycles. The Hall–Kier alpha value is -1.56. The lowest BCUT2D eigenvalue weighted by molar-refractivity contribution is -0.216. The van der Waals surface area contributed by atoms with Gasteiger partial charge in [-0.15, -0.1) is 0 Å². The molecule has 2 atom stereocenters. The van der Waals surface area contributed by atoms with Gasteiger partial charge in [-0.05, 0) is 37.0 Å². The summed E-state index contributed by atoms with van der Waals surface area (Å²) >= 11 is 0. The van der Waals surface area contributed by atoms with Gasteiger partial charge in [0.1, 0.15) is 6.61 Å². The molecule has 0 bridgehead atoms. The Bertz CT molecular complexity index is 577. The molecule has 0 radical (unpaired) electrons. The van der Waals surface area contributed by atoms with Crippen LogP contribution in [0.25, 0.3) is 0 Å². The number of fused-ring (bicyclic) bond motifs is 1. The van der Waals surface area contributed by atoms with Crippen LogP contribution in [0.2, 0.25) is 0 Å². The van der Waals surface area contributed by atoms with Crippen LogP contribution in [0.1, 0.15) is 31.2 Å². The summed E-state index contributed by atoms with van der Waals surface area (Å²) in [6.07, 6.45) is 5.86. The van der Waals surface area contributed by atoms with Gasteiger partial charge in [-0.2, -0.15) is 0 Å². The van der Waals surface area contributed by atoms with Gasteiger partial charge < -0.3 is 24.3 Å². The van der Waals surface area contributed by atoms with Crippen molar-refractivity contribution in [2.75, 3.05) is 27.4 Å². The fraction of sp³-hybridized carbons (Fsp3) is 0.579. The highest BCUT2D eigenvalue weighted by Gasteiger charge is 2.59. The zero-order valence-electron chi connectivity index (χ0n) is 14.6. The highest BCUT2D eigenvalue weighted by Crippen LogP contribution is 2.49. The Balaban J connectivity index is 1.71. The number of hydrogen-bond acceptors (Lipinski definition) is 5. The standard InChI is InChI=1S/C19H27NO4/c1-4-11-23-16-7-6-15(13-17(16)21-2)14-20-18-8-5-9-19(18,22-3)24-12-10-18/h4,6-7,13,20H,1,5,8-12,14H2,2-3H3/t18-,19+/m0/s1. The first kappa shape index (κ1) is 17.3. The maximum atomic E-state index is 5.97. The first-order valence-electron chi connectivity index (χ1n) is 8.53. The molecule has 2 aliphatic rings. The topological polar surface area (TPSA) is 49.0 Å². The molecule has 5 nitrogen and oxygen atoms in total. The lowest BCUT2D eigenvalue weighted by atomic mass is 9.90. The predicted octanol–water partition coefficient (Wildman–Crippen LogP) is 3.04. The SMILES string of the molecule is C=CCOc1ccc(CN[C@]23CCC[C@@]2(OC)OCC3)cc1OC. The zero-order chi connectivity index (χ0) is 17.0. The summed E-state index contributed by atoms with van der Waals surface area (Å²) < 4.78 is 22.8. The molecular weight excluding hydrogens is 306 g/mol. The third-order valence-corrected chi connectivity index (χ3v) is 5.25. The third kappa shape index (κ3) is 2.92. The van der Waals surface area contributed by atoms with E-state index in [1.54, 1.807) is 20.3 Å². The van der Waals surface area contributed by atoms with Crippen LogP contribution in [-0.2, 0) is 16.0 Å². The van der Waals surface area contributed by atoms with Crippen molar-refractivity contribution in [3.63, 3.8) is 0 Å². The van der Waals surface area contributed by atoms with Crippen LogP contribution in [0.5, 0.6) is 11.5 Å². The van der Waals surface area contributed by atoms with Gasteiger partial charge in [0.05, 0.1) is 19.3 Å². The summed E-state index contributed by atoms with van der Waals surface area (Å²) in [5.41, 5.74) is 1.06. The summed E-state index contributed by atoms with van der Waals surface area (Å²) in [4.78, 5) is 0.